The predicted molar refractivity (Wildman–Crippen MR) is 58.1 cm³/mol. The lowest BCUT2D eigenvalue weighted by molar-refractivity contribution is 0.592. The molecule has 0 saturated carbocycles. The van der Waals surface area contributed by atoms with Crippen molar-refractivity contribution in [3.63, 3.8) is 0 Å². The van der Waals surface area contributed by atoms with Crippen LogP contribution >= 0.6 is 15.9 Å². The Kier molecular flexibility index (Phi) is 2.64. The largest absolute Gasteiger partial charge is 0.309 e. The molecule has 1 aromatic rings. The number of halogens is 1. The van der Waals surface area contributed by atoms with Gasteiger partial charge in [-0.3, -0.25) is 0 Å². The minimum Gasteiger partial charge on any atom is -0.309 e. The summed E-state index contributed by atoms with van der Waals surface area (Å²) in [6.45, 7) is 0.766. The van der Waals surface area contributed by atoms with Crippen molar-refractivity contribution in [3.05, 3.63) is 30.3 Å². The maximum absolute atomic E-state index is 11.9. The normalized spacial score (nSPS) is 23.1. The van der Waals surface area contributed by atoms with Crippen molar-refractivity contribution in [3.8, 4) is 0 Å². The summed E-state index contributed by atoms with van der Waals surface area (Å²) in [5.41, 5.74) is 0. The molecule has 0 bridgehead atoms. The molecule has 1 heterocycles. The third kappa shape index (κ3) is 1.85. The topological polar surface area (TPSA) is 56.1 Å². The van der Waals surface area contributed by atoms with Gasteiger partial charge in [0.1, 0.15) is 4.16 Å². The van der Waals surface area contributed by atoms with Crippen LogP contribution in [0.2, 0.25) is 0 Å². The van der Waals surface area contributed by atoms with Crippen LogP contribution in [0.15, 0.2) is 35.2 Å². The van der Waals surface area contributed by atoms with Crippen molar-refractivity contribution < 1.29 is 8.42 Å². The van der Waals surface area contributed by atoms with Crippen LogP contribution in [-0.4, -0.2) is 25.2 Å². The van der Waals surface area contributed by atoms with E-state index in [1.54, 1.807) is 30.3 Å². The lowest BCUT2D eigenvalue weighted by atomic mass is 10.4. The van der Waals surface area contributed by atoms with Gasteiger partial charge in [-0.2, -0.15) is 0 Å². The van der Waals surface area contributed by atoms with E-state index in [1.807, 2.05) is 0 Å². The quantitative estimate of drug-likeness (QED) is 0.665. The van der Waals surface area contributed by atoms with Crippen LogP contribution in [0.3, 0.4) is 0 Å². The molecule has 1 N–H and O–H groups in total. The zero-order chi connectivity index (χ0) is 10.2. The molecule has 0 spiro atoms. The fourth-order valence-corrected chi connectivity index (χ4v) is 3.65. The van der Waals surface area contributed by atoms with Gasteiger partial charge in [0.05, 0.1) is 4.90 Å². The monoisotopic (exact) mass is 275 g/mol. The molecule has 2 atom stereocenters. The van der Waals surface area contributed by atoms with Gasteiger partial charge >= 0.3 is 0 Å². The van der Waals surface area contributed by atoms with E-state index in [0.717, 1.165) is 6.54 Å². The molecule has 1 aromatic carbocycles. The Bertz CT molecular complexity index is 414. The molecule has 0 radical (unpaired) electrons. The van der Waals surface area contributed by atoms with E-state index < -0.39 is 14.0 Å². The number of hydrogen-bond acceptors (Lipinski definition) is 3. The van der Waals surface area contributed by atoms with Crippen LogP contribution < -0.4 is 5.32 Å². The number of hydrogen-bond donors (Lipinski definition) is 1. The van der Waals surface area contributed by atoms with E-state index in [1.165, 1.54) is 0 Å². The van der Waals surface area contributed by atoms with Crippen LogP contribution in [-0.2, 0) is 9.84 Å². The summed E-state index contributed by atoms with van der Waals surface area (Å²) in [6.07, 6.45) is 0. The van der Waals surface area contributed by atoms with Gasteiger partial charge in [0.15, 0.2) is 9.84 Å². The number of alkyl halides is 1. The molecule has 1 aliphatic heterocycles. The molecule has 2 rings (SSSR count). The zero-order valence-electron chi connectivity index (χ0n) is 7.35. The Morgan fingerprint density at radius 1 is 1.36 bits per heavy atom. The molecule has 0 amide bonds. The summed E-state index contributed by atoms with van der Waals surface area (Å²) in [4.78, 5) is 0.371. The lowest BCUT2D eigenvalue weighted by Crippen LogP contribution is -2.22. The highest BCUT2D eigenvalue weighted by Gasteiger charge is 2.38. The van der Waals surface area contributed by atoms with Crippen molar-refractivity contribution in [2.24, 2.45) is 0 Å². The van der Waals surface area contributed by atoms with Gasteiger partial charge in [0.2, 0.25) is 0 Å². The van der Waals surface area contributed by atoms with Crippen molar-refractivity contribution in [1.82, 2.24) is 5.32 Å². The van der Waals surface area contributed by atoms with E-state index in [9.17, 15) is 8.42 Å². The molecule has 2 unspecified atom stereocenters. The minimum atomic E-state index is -3.22. The van der Waals surface area contributed by atoms with Crippen molar-refractivity contribution >= 4 is 25.8 Å². The molecular formula is C9H10BrNO2S. The molecule has 0 aliphatic carbocycles. The Morgan fingerprint density at radius 2 is 1.93 bits per heavy atom. The molecule has 1 fully saturated rings. The molecule has 0 aromatic heterocycles. The van der Waals surface area contributed by atoms with Crippen LogP contribution in [0.25, 0.3) is 0 Å². The maximum atomic E-state index is 11.9. The first-order valence-corrected chi connectivity index (χ1v) is 6.75. The zero-order valence-corrected chi connectivity index (χ0v) is 9.75. The Morgan fingerprint density at radius 3 is 2.43 bits per heavy atom. The van der Waals surface area contributed by atoms with Gasteiger partial charge in [0, 0.05) is 12.6 Å². The summed E-state index contributed by atoms with van der Waals surface area (Å²) < 4.78 is 23.3. The minimum absolute atomic E-state index is 0.0557. The van der Waals surface area contributed by atoms with Crippen LogP contribution in [0.5, 0.6) is 0 Å². The van der Waals surface area contributed by atoms with Gasteiger partial charge in [-0.05, 0) is 12.1 Å². The number of sulfone groups is 1. The van der Waals surface area contributed by atoms with E-state index in [2.05, 4.69) is 21.2 Å². The van der Waals surface area contributed by atoms with Crippen molar-refractivity contribution in [2.75, 3.05) is 6.54 Å². The predicted octanol–water partition coefficient (Wildman–Crippen LogP) is 1.15. The standard InChI is InChI=1S/C9H10BrNO2S/c10-9(8-6-11-8)14(12,13)7-4-2-1-3-5-7/h1-5,8-9,11H,6H2. The summed E-state index contributed by atoms with van der Waals surface area (Å²) in [5, 5.41) is 2.98. The van der Waals surface area contributed by atoms with Gasteiger partial charge in [-0.15, -0.1) is 0 Å². The van der Waals surface area contributed by atoms with Crippen LogP contribution in [0.4, 0.5) is 0 Å². The van der Waals surface area contributed by atoms with E-state index in [0.29, 0.717) is 4.90 Å². The highest BCUT2D eigenvalue weighted by molar-refractivity contribution is 9.11. The Labute approximate surface area is 91.6 Å². The smallest absolute Gasteiger partial charge is 0.192 e. The number of rotatable bonds is 3. The summed E-state index contributed by atoms with van der Waals surface area (Å²) in [7, 11) is -3.22. The average Bonchev–Trinajstić information content (AvgIpc) is 3.01. The summed E-state index contributed by atoms with van der Waals surface area (Å²) in [6, 6.07) is 8.55. The van der Waals surface area contributed by atoms with Gasteiger partial charge in [-0.25, -0.2) is 8.42 Å². The van der Waals surface area contributed by atoms with Crippen molar-refractivity contribution in [2.45, 2.75) is 15.1 Å². The number of benzene rings is 1. The molecule has 14 heavy (non-hydrogen) atoms. The molecule has 1 saturated heterocycles. The summed E-state index contributed by atoms with van der Waals surface area (Å²) in [5.74, 6) is 0. The third-order valence-corrected chi connectivity index (χ3v) is 6.09. The second-order valence-corrected chi connectivity index (χ2v) is 6.89. The van der Waals surface area contributed by atoms with Crippen LogP contribution in [0, 0.1) is 0 Å². The highest BCUT2D eigenvalue weighted by atomic mass is 79.9. The third-order valence-electron chi connectivity index (χ3n) is 2.12. The Hall–Kier alpha value is -0.390. The average molecular weight is 276 g/mol. The fourth-order valence-electron chi connectivity index (χ4n) is 1.21. The molecular weight excluding hydrogens is 266 g/mol. The van der Waals surface area contributed by atoms with Crippen LogP contribution in [0.1, 0.15) is 0 Å². The van der Waals surface area contributed by atoms with Gasteiger partial charge < -0.3 is 5.32 Å². The fraction of sp³-hybridized carbons (Fsp3) is 0.333. The second-order valence-electron chi connectivity index (χ2n) is 3.22. The SMILES string of the molecule is O=S(=O)(c1ccccc1)C(Br)C1CN1. The molecule has 3 nitrogen and oxygen atoms in total. The first kappa shape index (κ1) is 10.1. The van der Waals surface area contributed by atoms with Gasteiger partial charge in [-0.1, -0.05) is 34.1 Å². The highest BCUT2D eigenvalue weighted by Crippen LogP contribution is 2.25. The van der Waals surface area contributed by atoms with Gasteiger partial charge in [0.25, 0.3) is 0 Å². The van der Waals surface area contributed by atoms with E-state index >= 15 is 0 Å². The van der Waals surface area contributed by atoms with Crippen molar-refractivity contribution in [1.29, 1.82) is 0 Å². The molecule has 1 aliphatic rings. The van der Waals surface area contributed by atoms with E-state index in [-0.39, 0.29) is 6.04 Å². The second kappa shape index (κ2) is 3.64. The maximum Gasteiger partial charge on any atom is 0.192 e. The number of nitrogens with one attached hydrogen (secondary N) is 1. The summed E-state index contributed by atoms with van der Waals surface area (Å²) >= 11 is 3.21. The first-order valence-electron chi connectivity index (χ1n) is 4.29. The lowest BCUT2D eigenvalue weighted by Gasteiger charge is -2.08. The van der Waals surface area contributed by atoms with E-state index in [4.69, 9.17) is 0 Å². The first-order chi connectivity index (χ1) is 6.62. The molecule has 5 heteroatoms. The Balaban J connectivity index is 2.32. The molecule has 76 valence electrons.